The number of halogens is 1. The number of para-hydroxylation sites is 1. The molecule has 1 aromatic carbocycles. The van der Waals surface area contributed by atoms with E-state index in [4.69, 9.17) is 5.11 Å². The summed E-state index contributed by atoms with van der Waals surface area (Å²) in [5.74, 6) is 0. The van der Waals surface area contributed by atoms with Crippen LogP contribution in [-0.2, 0) is 5.41 Å². The molecule has 0 fully saturated rings. The van der Waals surface area contributed by atoms with Gasteiger partial charge in [0.15, 0.2) is 0 Å². The third kappa shape index (κ3) is 2.00. The molecule has 0 saturated carbocycles. The Hall–Kier alpha value is -0.130. The first-order valence-electron chi connectivity index (χ1n) is 5.65. The van der Waals surface area contributed by atoms with Crippen molar-refractivity contribution in [2.75, 3.05) is 13.2 Å². The molecule has 0 bridgehead atoms. The number of hydrogen-bond donors (Lipinski definition) is 2. The zero-order chi connectivity index (χ0) is 11.1. The van der Waals surface area contributed by atoms with E-state index in [-0.39, 0.29) is 36.0 Å². The van der Waals surface area contributed by atoms with Crippen molar-refractivity contribution in [2.45, 2.75) is 32.2 Å². The molecular formula is C13H20INO. The Kier molecular flexibility index (Phi) is 4.37. The lowest BCUT2D eigenvalue weighted by atomic mass is 9.81. The Morgan fingerprint density at radius 3 is 2.56 bits per heavy atom. The van der Waals surface area contributed by atoms with Gasteiger partial charge in [-0.2, -0.15) is 0 Å². The van der Waals surface area contributed by atoms with Crippen LogP contribution in [0.15, 0.2) is 24.3 Å². The Morgan fingerprint density at radius 2 is 1.94 bits per heavy atom. The highest BCUT2D eigenvalue weighted by molar-refractivity contribution is 5.48. The number of fused-ring (bicyclic) bond motifs is 1. The van der Waals surface area contributed by atoms with Gasteiger partial charge in [0.25, 0.3) is 0 Å². The van der Waals surface area contributed by atoms with Crippen LogP contribution >= 0.6 is 0 Å². The van der Waals surface area contributed by atoms with E-state index in [1.165, 1.54) is 16.2 Å². The minimum atomic E-state index is 0. The van der Waals surface area contributed by atoms with Gasteiger partial charge in [-0.05, 0) is 26.8 Å². The number of hydrogen-bond acceptors (Lipinski definition) is 1. The van der Waals surface area contributed by atoms with Crippen LogP contribution in [0.25, 0.3) is 0 Å². The lowest BCUT2D eigenvalue weighted by molar-refractivity contribution is -0.856. The third-order valence-electron chi connectivity index (χ3n) is 3.95. The Morgan fingerprint density at radius 1 is 1.31 bits per heavy atom. The maximum atomic E-state index is 9.12. The summed E-state index contributed by atoms with van der Waals surface area (Å²) in [5.41, 5.74) is 3.01. The van der Waals surface area contributed by atoms with Gasteiger partial charge in [-0.25, -0.2) is 0 Å². The number of rotatable bonds is 2. The minimum Gasteiger partial charge on any atom is -1.00 e. The fourth-order valence-corrected chi connectivity index (χ4v) is 2.70. The van der Waals surface area contributed by atoms with Crippen molar-refractivity contribution in [1.82, 2.24) is 0 Å². The second kappa shape index (κ2) is 5.02. The average Bonchev–Trinajstić information content (AvgIpc) is 2.42. The van der Waals surface area contributed by atoms with Crippen molar-refractivity contribution in [3.05, 3.63) is 29.8 Å². The van der Waals surface area contributed by atoms with E-state index in [0.29, 0.717) is 6.04 Å². The summed E-state index contributed by atoms with van der Waals surface area (Å²) in [5, 5.41) is 9.12. The lowest BCUT2D eigenvalue weighted by Gasteiger charge is -2.26. The van der Waals surface area contributed by atoms with Crippen molar-refractivity contribution in [3.8, 4) is 0 Å². The van der Waals surface area contributed by atoms with Crippen LogP contribution in [0.4, 0.5) is 5.69 Å². The van der Waals surface area contributed by atoms with Gasteiger partial charge >= 0.3 is 0 Å². The fraction of sp³-hybridized carbons (Fsp3) is 0.538. The summed E-state index contributed by atoms with van der Waals surface area (Å²) in [6.07, 6.45) is 0. The zero-order valence-electron chi connectivity index (χ0n) is 10.1. The molecule has 1 heterocycles. The van der Waals surface area contributed by atoms with Crippen LogP contribution in [0.1, 0.15) is 26.3 Å². The largest absolute Gasteiger partial charge is 1.00 e. The van der Waals surface area contributed by atoms with Crippen molar-refractivity contribution in [2.24, 2.45) is 0 Å². The lowest BCUT2D eigenvalue weighted by Crippen LogP contribution is -3.11. The molecule has 0 amide bonds. The molecule has 3 heteroatoms. The monoisotopic (exact) mass is 333 g/mol. The molecule has 0 saturated heterocycles. The summed E-state index contributed by atoms with van der Waals surface area (Å²) < 4.78 is 0. The molecule has 2 rings (SSSR count). The molecule has 90 valence electrons. The topological polar surface area (TPSA) is 24.7 Å². The average molecular weight is 333 g/mol. The number of quaternary nitrogens is 1. The summed E-state index contributed by atoms with van der Waals surface area (Å²) in [7, 11) is 0. The molecule has 2 atom stereocenters. The van der Waals surface area contributed by atoms with Gasteiger partial charge in [-0.3, -0.25) is 4.90 Å². The first-order chi connectivity index (χ1) is 7.09. The number of nitrogens with one attached hydrogen (secondary N) is 1. The van der Waals surface area contributed by atoms with Crippen molar-refractivity contribution in [1.29, 1.82) is 0 Å². The van der Waals surface area contributed by atoms with Crippen LogP contribution in [0.5, 0.6) is 0 Å². The maximum Gasteiger partial charge on any atom is 0.135 e. The van der Waals surface area contributed by atoms with Gasteiger partial charge in [-0.1, -0.05) is 18.2 Å². The second-order valence-electron chi connectivity index (χ2n) is 4.99. The fourth-order valence-electron chi connectivity index (χ4n) is 2.70. The standard InChI is InChI=1S/C13H19NO.HI/c1-10-13(2,3)11-6-4-5-7-12(11)14(10)8-9-15;/h4-7,10,15H,8-9H2,1-3H3;1H. The Balaban J connectivity index is 0.00000128. The van der Waals surface area contributed by atoms with Gasteiger partial charge in [0.05, 0.1) is 12.6 Å². The third-order valence-corrected chi connectivity index (χ3v) is 3.95. The smallest absolute Gasteiger partial charge is 0.135 e. The Labute approximate surface area is 115 Å². The summed E-state index contributed by atoms with van der Waals surface area (Å²) >= 11 is 0. The van der Waals surface area contributed by atoms with Gasteiger partial charge in [0.1, 0.15) is 12.2 Å². The predicted molar refractivity (Wildman–Crippen MR) is 61.5 cm³/mol. The van der Waals surface area contributed by atoms with E-state index in [0.717, 1.165) is 6.54 Å². The van der Waals surface area contributed by atoms with Crippen LogP contribution < -0.4 is 28.9 Å². The molecule has 0 radical (unpaired) electrons. The van der Waals surface area contributed by atoms with Crippen molar-refractivity contribution < 1.29 is 34.0 Å². The summed E-state index contributed by atoms with van der Waals surface area (Å²) in [6, 6.07) is 9.13. The van der Waals surface area contributed by atoms with E-state index in [1.807, 2.05) is 0 Å². The first-order valence-corrected chi connectivity index (χ1v) is 5.65. The van der Waals surface area contributed by atoms with Crippen LogP contribution in [0, 0.1) is 0 Å². The molecule has 0 aromatic heterocycles. The molecule has 16 heavy (non-hydrogen) atoms. The highest BCUT2D eigenvalue weighted by Gasteiger charge is 2.45. The van der Waals surface area contributed by atoms with Crippen molar-refractivity contribution in [3.63, 3.8) is 0 Å². The van der Waals surface area contributed by atoms with Gasteiger partial charge in [-0.15, -0.1) is 0 Å². The molecule has 2 nitrogen and oxygen atoms in total. The second-order valence-corrected chi connectivity index (χ2v) is 4.99. The zero-order valence-corrected chi connectivity index (χ0v) is 12.3. The first kappa shape index (κ1) is 13.9. The molecule has 0 aliphatic carbocycles. The molecule has 2 unspecified atom stereocenters. The van der Waals surface area contributed by atoms with E-state index in [1.54, 1.807) is 0 Å². The number of aliphatic hydroxyl groups excluding tert-OH is 1. The quantitative estimate of drug-likeness (QED) is 0.595. The highest BCUT2D eigenvalue weighted by Crippen LogP contribution is 2.35. The van der Waals surface area contributed by atoms with E-state index >= 15 is 0 Å². The molecule has 1 aromatic rings. The minimum absolute atomic E-state index is 0. The van der Waals surface area contributed by atoms with E-state index < -0.39 is 0 Å². The predicted octanol–water partition coefficient (Wildman–Crippen LogP) is -2.12. The summed E-state index contributed by atoms with van der Waals surface area (Å²) in [4.78, 5) is 1.41. The number of benzene rings is 1. The van der Waals surface area contributed by atoms with Crippen LogP contribution in [-0.4, -0.2) is 24.3 Å². The van der Waals surface area contributed by atoms with E-state index in [9.17, 15) is 0 Å². The normalized spacial score (nSPS) is 26.0. The van der Waals surface area contributed by atoms with Gasteiger partial charge < -0.3 is 29.1 Å². The van der Waals surface area contributed by atoms with E-state index in [2.05, 4.69) is 45.0 Å². The Bertz CT molecular complexity index is 365. The van der Waals surface area contributed by atoms with Gasteiger partial charge in [0, 0.05) is 11.0 Å². The molecule has 2 N–H and O–H groups in total. The molecule has 1 aliphatic heterocycles. The SMILES string of the molecule is CC1[NH+](CCO)c2ccccc2C1(C)C.[I-]. The summed E-state index contributed by atoms with van der Waals surface area (Å²) in [6.45, 7) is 7.92. The maximum absolute atomic E-state index is 9.12. The highest BCUT2D eigenvalue weighted by atomic mass is 127. The van der Waals surface area contributed by atoms with Gasteiger partial charge in [0.2, 0.25) is 0 Å². The number of aliphatic hydroxyl groups is 1. The molecular weight excluding hydrogens is 313 g/mol. The molecule has 0 spiro atoms. The molecule has 1 aliphatic rings. The van der Waals surface area contributed by atoms with Crippen LogP contribution in [0.3, 0.4) is 0 Å². The van der Waals surface area contributed by atoms with Crippen molar-refractivity contribution >= 4 is 5.69 Å². The van der Waals surface area contributed by atoms with Crippen LogP contribution in [0.2, 0.25) is 0 Å².